The fourth-order valence-electron chi connectivity index (χ4n) is 5.68. The fraction of sp³-hybridized carbons (Fsp3) is 0.364. The van der Waals surface area contributed by atoms with Crippen molar-refractivity contribution in [3.05, 3.63) is 90.5 Å². The van der Waals surface area contributed by atoms with Gasteiger partial charge in [-0.2, -0.15) is 0 Å². The molecule has 1 spiro atoms. The molecule has 2 fully saturated rings. The number of amides is 3. The van der Waals surface area contributed by atoms with Gasteiger partial charge in [-0.1, -0.05) is 80.9 Å². The number of piperidine rings is 1. The number of nitrogens with one attached hydrogen (secondary N) is 1. The number of hydrogen-bond acceptors (Lipinski definition) is 4. The van der Waals surface area contributed by atoms with Crippen molar-refractivity contribution >= 4 is 23.4 Å². The van der Waals surface area contributed by atoms with Gasteiger partial charge in [-0.05, 0) is 54.2 Å². The van der Waals surface area contributed by atoms with Gasteiger partial charge in [0.2, 0.25) is 5.91 Å². The first-order valence-electron chi connectivity index (χ1n) is 14.2. The van der Waals surface area contributed by atoms with Crippen LogP contribution in [0.15, 0.2) is 84.9 Å². The van der Waals surface area contributed by atoms with Gasteiger partial charge in [-0.25, -0.2) is 0 Å². The zero-order chi connectivity index (χ0) is 28.1. The molecule has 7 nitrogen and oxygen atoms in total. The summed E-state index contributed by atoms with van der Waals surface area (Å²) >= 11 is 0. The summed E-state index contributed by atoms with van der Waals surface area (Å²) in [5.41, 5.74) is 3.01. The Bertz CT molecular complexity index is 1320. The number of para-hydroxylation sites is 1. The van der Waals surface area contributed by atoms with Crippen molar-refractivity contribution in [1.82, 2.24) is 15.1 Å². The van der Waals surface area contributed by atoms with E-state index in [1.165, 1.54) is 0 Å². The minimum absolute atomic E-state index is 0.0209. The van der Waals surface area contributed by atoms with E-state index in [4.69, 9.17) is 0 Å². The molecule has 1 unspecified atom stereocenters. The first kappa shape index (κ1) is 27.4. The molecule has 0 aromatic heterocycles. The number of anilines is 1. The van der Waals surface area contributed by atoms with Crippen LogP contribution in [0.3, 0.4) is 0 Å². The third-order valence-corrected chi connectivity index (χ3v) is 8.38. The van der Waals surface area contributed by atoms with Crippen molar-refractivity contribution in [2.45, 2.75) is 38.6 Å². The summed E-state index contributed by atoms with van der Waals surface area (Å²) in [6.45, 7) is 6.14. The molecule has 208 valence electrons. The summed E-state index contributed by atoms with van der Waals surface area (Å²) in [5.74, 6) is 0.203. The normalized spacial score (nSPS) is 17.2. The second kappa shape index (κ2) is 11.9. The molecule has 2 aliphatic rings. The van der Waals surface area contributed by atoms with Crippen LogP contribution in [0.2, 0.25) is 0 Å². The second-order valence-corrected chi connectivity index (χ2v) is 11.0. The highest BCUT2D eigenvalue weighted by molar-refractivity contribution is 5.98. The average molecular weight is 539 g/mol. The zero-order valence-electron chi connectivity index (χ0n) is 23.4. The van der Waals surface area contributed by atoms with Gasteiger partial charge in [0.1, 0.15) is 12.1 Å². The van der Waals surface area contributed by atoms with Gasteiger partial charge in [0.25, 0.3) is 11.8 Å². The predicted octanol–water partition coefficient (Wildman–Crippen LogP) is 4.80. The molecule has 5 rings (SSSR count). The van der Waals surface area contributed by atoms with Gasteiger partial charge in [0, 0.05) is 30.9 Å². The Morgan fingerprint density at radius 1 is 0.875 bits per heavy atom. The standard InChI is InChI=1S/C33H38N4O3/c1-3-25(2)22-34-30(38)23-36-24-37(29-12-8-5-9-13-29)33(32(36)40)18-20-35(21-19-33)31(39)28-16-14-27(15-17-28)26-10-6-4-7-11-26/h4-17,25H,3,18-24H2,1-2H3,(H,34,38). The predicted molar refractivity (Wildman–Crippen MR) is 158 cm³/mol. The van der Waals surface area contributed by atoms with E-state index < -0.39 is 5.54 Å². The van der Waals surface area contributed by atoms with Crippen molar-refractivity contribution in [3.8, 4) is 11.1 Å². The zero-order valence-corrected chi connectivity index (χ0v) is 23.4. The lowest BCUT2D eigenvalue weighted by atomic mass is 9.85. The maximum Gasteiger partial charge on any atom is 0.253 e. The number of carbonyl (C=O) groups excluding carboxylic acids is 3. The molecule has 3 aromatic carbocycles. The second-order valence-electron chi connectivity index (χ2n) is 11.0. The molecular formula is C33H38N4O3. The van der Waals surface area contributed by atoms with Crippen molar-refractivity contribution < 1.29 is 14.4 Å². The molecule has 40 heavy (non-hydrogen) atoms. The quantitative estimate of drug-likeness (QED) is 0.447. The first-order chi connectivity index (χ1) is 19.4. The molecule has 0 bridgehead atoms. The Labute approximate surface area is 236 Å². The van der Waals surface area contributed by atoms with E-state index in [1.807, 2.05) is 77.7 Å². The van der Waals surface area contributed by atoms with E-state index in [-0.39, 0.29) is 24.3 Å². The summed E-state index contributed by atoms with van der Waals surface area (Å²) < 4.78 is 0. The maximum absolute atomic E-state index is 13.9. The number of likely N-dealkylation sites (tertiary alicyclic amines) is 1. The van der Waals surface area contributed by atoms with Crippen molar-refractivity contribution in [3.63, 3.8) is 0 Å². The molecule has 1 N–H and O–H groups in total. The molecule has 7 heteroatoms. The monoisotopic (exact) mass is 538 g/mol. The van der Waals surface area contributed by atoms with Crippen LogP contribution in [0.5, 0.6) is 0 Å². The highest BCUT2D eigenvalue weighted by Gasteiger charge is 2.54. The third kappa shape index (κ3) is 5.60. The van der Waals surface area contributed by atoms with Crippen molar-refractivity contribution in [2.24, 2.45) is 5.92 Å². The van der Waals surface area contributed by atoms with E-state index >= 15 is 0 Å². The number of nitrogens with zero attached hydrogens (tertiary/aromatic N) is 3. The number of hydrogen-bond donors (Lipinski definition) is 1. The molecular weight excluding hydrogens is 500 g/mol. The van der Waals surface area contributed by atoms with E-state index in [0.717, 1.165) is 23.2 Å². The molecule has 3 amide bonds. The van der Waals surface area contributed by atoms with Gasteiger partial charge in [0.05, 0.1) is 6.67 Å². The van der Waals surface area contributed by atoms with Crippen LogP contribution < -0.4 is 10.2 Å². The lowest BCUT2D eigenvalue weighted by Crippen LogP contribution is -2.57. The lowest BCUT2D eigenvalue weighted by molar-refractivity contribution is -0.137. The minimum atomic E-state index is -0.772. The molecule has 0 aliphatic carbocycles. The molecule has 0 saturated carbocycles. The van der Waals surface area contributed by atoms with Crippen LogP contribution in [0.4, 0.5) is 5.69 Å². The van der Waals surface area contributed by atoms with Gasteiger partial charge in [0.15, 0.2) is 0 Å². The summed E-state index contributed by atoms with van der Waals surface area (Å²) in [7, 11) is 0. The van der Waals surface area contributed by atoms with E-state index in [2.05, 4.69) is 36.2 Å². The SMILES string of the molecule is CCC(C)CNC(=O)CN1CN(c2ccccc2)C2(CCN(C(=O)c3ccc(-c4ccccc4)cc3)CC2)C1=O. The van der Waals surface area contributed by atoms with Crippen molar-refractivity contribution in [2.75, 3.05) is 37.7 Å². The largest absolute Gasteiger partial charge is 0.354 e. The van der Waals surface area contributed by atoms with Crippen LogP contribution in [0.25, 0.3) is 11.1 Å². The molecule has 3 aromatic rings. The van der Waals surface area contributed by atoms with Gasteiger partial charge >= 0.3 is 0 Å². The maximum atomic E-state index is 13.9. The molecule has 0 radical (unpaired) electrons. The summed E-state index contributed by atoms with van der Waals surface area (Å²) in [6, 6.07) is 27.7. The third-order valence-electron chi connectivity index (χ3n) is 8.38. The topological polar surface area (TPSA) is 73.0 Å². The highest BCUT2D eigenvalue weighted by Crippen LogP contribution is 2.39. The average Bonchev–Trinajstić information content (AvgIpc) is 3.26. The van der Waals surface area contributed by atoms with Crippen LogP contribution in [-0.4, -0.2) is 65.9 Å². The van der Waals surface area contributed by atoms with Gasteiger partial charge < -0.3 is 20.0 Å². The molecule has 1 atom stereocenters. The smallest absolute Gasteiger partial charge is 0.253 e. The van der Waals surface area contributed by atoms with E-state index in [1.54, 1.807) is 4.90 Å². The van der Waals surface area contributed by atoms with Crippen LogP contribution in [-0.2, 0) is 9.59 Å². The molecule has 2 heterocycles. The number of benzene rings is 3. The Morgan fingerprint density at radius 3 is 2.10 bits per heavy atom. The summed E-state index contributed by atoms with van der Waals surface area (Å²) in [6.07, 6.45) is 2.01. The van der Waals surface area contributed by atoms with Gasteiger partial charge in [-0.3, -0.25) is 14.4 Å². The summed E-state index contributed by atoms with van der Waals surface area (Å²) in [4.78, 5) is 45.7. The van der Waals surface area contributed by atoms with Gasteiger partial charge in [-0.15, -0.1) is 0 Å². The Hall–Kier alpha value is -4.13. The number of carbonyl (C=O) groups is 3. The van der Waals surface area contributed by atoms with E-state index in [0.29, 0.717) is 50.6 Å². The van der Waals surface area contributed by atoms with E-state index in [9.17, 15) is 14.4 Å². The fourth-order valence-corrected chi connectivity index (χ4v) is 5.68. The van der Waals surface area contributed by atoms with Crippen LogP contribution >= 0.6 is 0 Å². The Kier molecular flexibility index (Phi) is 8.19. The summed E-state index contributed by atoms with van der Waals surface area (Å²) in [5, 5.41) is 2.98. The minimum Gasteiger partial charge on any atom is -0.354 e. The van der Waals surface area contributed by atoms with Crippen LogP contribution in [0.1, 0.15) is 43.5 Å². The Balaban J connectivity index is 1.29. The number of rotatable bonds is 8. The molecule has 2 saturated heterocycles. The molecule has 2 aliphatic heterocycles. The Morgan fingerprint density at radius 2 is 1.48 bits per heavy atom. The van der Waals surface area contributed by atoms with Crippen molar-refractivity contribution in [1.29, 1.82) is 0 Å². The van der Waals surface area contributed by atoms with Crippen LogP contribution in [0, 0.1) is 5.92 Å². The lowest BCUT2D eigenvalue weighted by Gasteiger charge is -2.43. The first-order valence-corrected chi connectivity index (χ1v) is 14.2. The highest BCUT2D eigenvalue weighted by atomic mass is 16.2.